The predicted octanol–water partition coefficient (Wildman–Crippen LogP) is 0.831. The summed E-state index contributed by atoms with van der Waals surface area (Å²) in [7, 11) is 0. The molecule has 120 valence electrons. The van der Waals surface area contributed by atoms with Crippen molar-refractivity contribution < 1.29 is 9.59 Å². The summed E-state index contributed by atoms with van der Waals surface area (Å²) in [5.41, 5.74) is 1.13. The molecule has 0 aromatic heterocycles. The molecule has 1 N–H and O–H groups in total. The lowest BCUT2D eigenvalue weighted by Crippen LogP contribution is -2.50. The van der Waals surface area contributed by atoms with Crippen LogP contribution in [0.3, 0.4) is 0 Å². The van der Waals surface area contributed by atoms with Crippen LogP contribution in [-0.2, 0) is 9.59 Å². The Morgan fingerprint density at radius 3 is 2.43 bits per heavy atom. The van der Waals surface area contributed by atoms with Crippen molar-refractivity contribution in [1.29, 1.82) is 5.26 Å². The summed E-state index contributed by atoms with van der Waals surface area (Å²) in [5.74, 6) is -0.468. The first-order valence-electron chi connectivity index (χ1n) is 7.53. The van der Waals surface area contributed by atoms with Gasteiger partial charge in [0.2, 0.25) is 5.91 Å². The zero-order chi connectivity index (χ0) is 16.7. The van der Waals surface area contributed by atoms with Gasteiger partial charge < -0.3 is 10.2 Å². The van der Waals surface area contributed by atoms with Crippen molar-refractivity contribution in [2.24, 2.45) is 0 Å². The predicted molar refractivity (Wildman–Crippen MR) is 86.9 cm³/mol. The van der Waals surface area contributed by atoms with Crippen molar-refractivity contribution >= 4 is 17.9 Å². The van der Waals surface area contributed by atoms with Crippen LogP contribution in [0, 0.1) is 11.3 Å². The number of nitriles is 1. The molecule has 0 spiro atoms. The van der Waals surface area contributed by atoms with E-state index in [1.54, 1.807) is 11.0 Å². The molecule has 1 fully saturated rings. The maximum Gasteiger partial charge on any atom is 0.270 e. The second-order valence-corrected chi connectivity index (χ2v) is 5.38. The maximum atomic E-state index is 12.7. The lowest BCUT2D eigenvalue weighted by molar-refractivity contribution is -0.130. The topological polar surface area (TPSA) is 76.4 Å². The van der Waals surface area contributed by atoms with E-state index in [2.05, 4.69) is 11.4 Å². The second-order valence-electron chi connectivity index (χ2n) is 5.38. The molecule has 2 amide bonds. The molecular formula is C17H20N4O2. The fraction of sp³-hybridized carbons (Fsp3) is 0.353. The van der Waals surface area contributed by atoms with Gasteiger partial charge in [-0.25, -0.2) is 0 Å². The third-order valence-electron chi connectivity index (χ3n) is 3.61. The Kier molecular flexibility index (Phi) is 5.89. The Hall–Kier alpha value is -2.65. The molecule has 1 aromatic carbocycles. The molecule has 1 aromatic rings. The van der Waals surface area contributed by atoms with E-state index in [4.69, 9.17) is 5.26 Å². The number of piperazine rings is 1. The van der Waals surface area contributed by atoms with Gasteiger partial charge in [-0.15, -0.1) is 0 Å². The first-order chi connectivity index (χ1) is 11.1. The molecule has 1 aliphatic heterocycles. The van der Waals surface area contributed by atoms with E-state index in [-0.39, 0.29) is 17.5 Å². The summed E-state index contributed by atoms with van der Waals surface area (Å²) in [6.07, 6.45) is 1.69. The number of hydrogen-bond acceptors (Lipinski definition) is 4. The smallest absolute Gasteiger partial charge is 0.270 e. The summed E-state index contributed by atoms with van der Waals surface area (Å²) in [4.78, 5) is 27.8. The van der Waals surface area contributed by atoms with Gasteiger partial charge in [-0.05, 0) is 11.6 Å². The molecule has 0 saturated carbocycles. The third-order valence-corrected chi connectivity index (χ3v) is 3.61. The molecule has 6 nitrogen and oxygen atoms in total. The minimum Gasteiger partial charge on any atom is -0.335 e. The SMILES string of the molecule is CC(=O)N/C(=C\c1ccccc1)C(=O)N1CCN(CC#N)CC1. The second kappa shape index (κ2) is 8.11. The quantitative estimate of drug-likeness (QED) is 0.660. The summed E-state index contributed by atoms with van der Waals surface area (Å²) < 4.78 is 0. The number of carbonyl (C=O) groups is 2. The lowest BCUT2D eigenvalue weighted by atomic mass is 10.1. The van der Waals surface area contributed by atoms with Crippen molar-refractivity contribution in [3.8, 4) is 6.07 Å². The van der Waals surface area contributed by atoms with Crippen molar-refractivity contribution in [3.63, 3.8) is 0 Å². The fourth-order valence-electron chi connectivity index (χ4n) is 2.44. The number of hydrogen-bond donors (Lipinski definition) is 1. The average Bonchev–Trinajstić information content (AvgIpc) is 2.55. The van der Waals surface area contributed by atoms with E-state index >= 15 is 0 Å². The summed E-state index contributed by atoms with van der Waals surface area (Å²) in [6.45, 7) is 4.19. The standard InChI is InChI=1S/C17H20N4O2/c1-14(22)19-16(13-15-5-3-2-4-6-15)17(23)21-11-9-20(8-7-18)10-12-21/h2-6,13H,8-12H2,1H3,(H,19,22)/b16-13-. The minimum absolute atomic E-state index is 0.194. The van der Waals surface area contributed by atoms with Crippen molar-refractivity contribution in [1.82, 2.24) is 15.1 Å². The first kappa shape index (κ1) is 16.7. The zero-order valence-electron chi connectivity index (χ0n) is 13.2. The van der Waals surface area contributed by atoms with Gasteiger partial charge in [0.1, 0.15) is 5.70 Å². The highest BCUT2D eigenvalue weighted by Crippen LogP contribution is 2.10. The van der Waals surface area contributed by atoms with E-state index < -0.39 is 0 Å². The lowest BCUT2D eigenvalue weighted by Gasteiger charge is -2.33. The molecule has 0 radical (unpaired) electrons. The summed E-state index contributed by atoms with van der Waals surface area (Å²) >= 11 is 0. The number of benzene rings is 1. The van der Waals surface area contributed by atoms with Gasteiger partial charge in [-0.3, -0.25) is 14.5 Å². The van der Waals surface area contributed by atoms with Gasteiger partial charge in [0.15, 0.2) is 0 Å². The Balaban J connectivity index is 2.10. The molecule has 0 unspecified atom stereocenters. The van der Waals surface area contributed by atoms with Crippen LogP contribution in [0.4, 0.5) is 0 Å². The van der Waals surface area contributed by atoms with E-state index in [1.165, 1.54) is 6.92 Å². The number of rotatable bonds is 4. The monoisotopic (exact) mass is 312 g/mol. The Morgan fingerprint density at radius 1 is 1.22 bits per heavy atom. The van der Waals surface area contributed by atoms with Gasteiger partial charge in [-0.1, -0.05) is 30.3 Å². The van der Waals surface area contributed by atoms with Crippen LogP contribution in [0.15, 0.2) is 36.0 Å². The van der Waals surface area contributed by atoms with Crippen molar-refractivity contribution in [2.75, 3.05) is 32.7 Å². The molecule has 1 saturated heterocycles. The van der Waals surface area contributed by atoms with E-state index in [9.17, 15) is 9.59 Å². The van der Waals surface area contributed by atoms with E-state index in [1.807, 2.05) is 35.2 Å². The maximum absolute atomic E-state index is 12.7. The van der Waals surface area contributed by atoms with Crippen LogP contribution in [0.25, 0.3) is 6.08 Å². The van der Waals surface area contributed by atoms with Crippen LogP contribution in [0.1, 0.15) is 12.5 Å². The molecule has 6 heteroatoms. The molecule has 0 bridgehead atoms. The number of nitrogens with one attached hydrogen (secondary N) is 1. The molecule has 1 aliphatic rings. The van der Waals surface area contributed by atoms with E-state index in [0.717, 1.165) is 5.56 Å². The summed E-state index contributed by atoms with van der Waals surface area (Å²) in [6, 6.07) is 11.5. The third kappa shape index (κ3) is 4.94. The van der Waals surface area contributed by atoms with Crippen molar-refractivity contribution in [2.45, 2.75) is 6.92 Å². The molecule has 2 rings (SSSR count). The Labute approximate surface area is 136 Å². The van der Waals surface area contributed by atoms with Gasteiger partial charge in [0.25, 0.3) is 5.91 Å². The van der Waals surface area contributed by atoms with Gasteiger partial charge in [0, 0.05) is 33.1 Å². The largest absolute Gasteiger partial charge is 0.335 e. The Bertz CT molecular complexity index is 626. The van der Waals surface area contributed by atoms with Gasteiger partial charge in [0.05, 0.1) is 12.6 Å². The molecule has 0 atom stereocenters. The van der Waals surface area contributed by atoms with Crippen LogP contribution in [0.5, 0.6) is 0 Å². The Morgan fingerprint density at radius 2 is 1.87 bits per heavy atom. The first-order valence-corrected chi connectivity index (χ1v) is 7.53. The minimum atomic E-state index is -0.274. The van der Waals surface area contributed by atoms with Crippen LogP contribution in [-0.4, -0.2) is 54.3 Å². The number of amides is 2. The highest BCUT2D eigenvalue weighted by Gasteiger charge is 2.24. The van der Waals surface area contributed by atoms with Crippen LogP contribution in [0.2, 0.25) is 0 Å². The number of carbonyl (C=O) groups excluding carboxylic acids is 2. The summed E-state index contributed by atoms with van der Waals surface area (Å²) in [5, 5.41) is 11.3. The average molecular weight is 312 g/mol. The molecule has 0 aliphatic carbocycles. The van der Waals surface area contributed by atoms with Crippen molar-refractivity contribution in [3.05, 3.63) is 41.6 Å². The normalized spacial score (nSPS) is 15.8. The number of nitrogens with zero attached hydrogens (tertiary/aromatic N) is 3. The van der Waals surface area contributed by atoms with Crippen LogP contribution < -0.4 is 5.32 Å². The highest BCUT2D eigenvalue weighted by molar-refractivity contribution is 6.01. The zero-order valence-corrected chi connectivity index (χ0v) is 13.2. The van der Waals surface area contributed by atoms with Gasteiger partial charge >= 0.3 is 0 Å². The fourth-order valence-corrected chi connectivity index (χ4v) is 2.44. The molecule has 23 heavy (non-hydrogen) atoms. The molecule has 1 heterocycles. The highest BCUT2D eigenvalue weighted by atomic mass is 16.2. The van der Waals surface area contributed by atoms with E-state index in [0.29, 0.717) is 32.7 Å². The molecular weight excluding hydrogens is 292 g/mol. The van der Waals surface area contributed by atoms with Gasteiger partial charge in [-0.2, -0.15) is 5.26 Å². The van der Waals surface area contributed by atoms with Crippen LogP contribution >= 0.6 is 0 Å².